The second kappa shape index (κ2) is 7.85. The molecule has 1 amide bonds. The molecule has 1 saturated carbocycles. The molecule has 0 unspecified atom stereocenters. The van der Waals surface area contributed by atoms with Crippen LogP contribution in [-0.2, 0) is 9.47 Å². The van der Waals surface area contributed by atoms with Crippen molar-refractivity contribution in [2.24, 2.45) is 5.92 Å². The maximum atomic E-state index is 12.7. The molecule has 6 heteroatoms. The Bertz CT molecular complexity index is 573. The van der Waals surface area contributed by atoms with Gasteiger partial charge in [0.05, 0.1) is 38.5 Å². The van der Waals surface area contributed by atoms with E-state index in [1.807, 2.05) is 0 Å². The Labute approximate surface area is 142 Å². The van der Waals surface area contributed by atoms with Crippen LogP contribution >= 0.6 is 0 Å². The molecule has 0 spiro atoms. The van der Waals surface area contributed by atoms with E-state index < -0.39 is 0 Å². The number of carbonyl (C=O) groups is 1. The lowest BCUT2D eigenvalue weighted by Crippen LogP contribution is -2.50. The summed E-state index contributed by atoms with van der Waals surface area (Å²) in [5.41, 5.74) is 0.448. The van der Waals surface area contributed by atoms with Crippen LogP contribution in [0.1, 0.15) is 29.6 Å². The second-order valence-electron chi connectivity index (χ2n) is 6.32. The van der Waals surface area contributed by atoms with Crippen molar-refractivity contribution in [1.82, 2.24) is 5.32 Å². The number of ether oxygens (including phenoxy) is 4. The zero-order chi connectivity index (χ0) is 16.9. The van der Waals surface area contributed by atoms with Gasteiger partial charge in [0.15, 0.2) is 0 Å². The zero-order valence-corrected chi connectivity index (χ0v) is 14.2. The first-order valence-corrected chi connectivity index (χ1v) is 8.43. The number of nitrogens with one attached hydrogen (secondary N) is 1. The van der Waals surface area contributed by atoms with Gasteiger partial charge in [-0.25, -0.2) is 0 Å². The Morgan fingerprint density at radius 1 is 1.25 bits per heavy atom. The Morgan fingerprint density at radius 3 is 2.79 bits per heavy atom. The van der Waals surface area contributed by atoms with Crippen molar-refractivity contribution in [2.75, 3.05) is 34.0 Å². The summed E-state index contributed by atoms with van der Waals surface area (Å²) in [7, 11) is 3.12. The molecular formula is C18H25NO5. The smallest absolute Gasteiger partial charge is 0.255 e. The molecule has 1 saturated heterocycles. The average Bonchev–Trinajstić information content (AvgIpc) is 3.44. The number of hydrogen-bond donors (Lipinski definition) is 1. The minimum absolute atomic E-state index is 0.0000901. The fourth-order valence-corrected chi connectivity index (χ4v) is 2.83. The molecule has 2 aliphatic rings. The molecule has 1 aromatic carbocycles. The van der Waals surface area contributed by atoms with E-state index in [1.54, 1.807) is 32.4 Å². The molecule has 0 bridgehead atoms. The summed E-state index contributed by atoms with van der Waals surface area (Å²) in [6, 6.07) is 5.02. The van der Waals surface area contributed by atoms with Crippen LogP contribution in [0.3, 0.4) is 0 Å². The van der Waals surface area contributed by atoms with Crippen molar-refractivity contribution < 1.29 is 23.7 Å². The van der Waals surface area contributed by atoms with Gasteiger partial charge < -0.3 is 24.3 Å². The van der Waals surface area contributed by atoms with Crippen molar-refractivity contribution >= 4 is 5.91 Å². The lowest BCUT2D eigenvalue weighted by Gasteiger charge is -2.32. The lowest BCUT2D eigenvalue weighted by molar-refractivity contribution is -0.0567. The first-order valence-electron chi connectivity index (χ1n) is 8.43. The largest absolute Gasteiger partial charge is 0.497 e. The topological polar surface area (TPSA) is 66.0 Å². The lowest BCUT2D eigenvalue weighted by atomic mass is 10.1. The predicted molar refractivity (Wildman–Crippen MR) is 88.7 cm³/mol. The number of hydrogen-bond acceptors (Lipinski definition) is 5. The summed E-state index contributed by atoms with van der Waals surface area (Å²) in [6.07, 6.45) is 3.30. The summed E-state index contributed by atoms with van der Waals surface area (Å²) in [4.78, 5) is 12.7. The average molecular weight is 335 g/mol. The highest BCUT2D eigenvalue weighted by atomic mass is 16.5. The molecule has 0 radical (unpaired) electrons. The van der Waals surface area contributed by atoms with E-state index >= 15 is 0 Å². The van der Waals surface area contributed by atoms with Gasteiger partial charge in [-0.05, 0) is 43.4 Å². The second-order valence-corrected chi connectivity index (χ2v) is 6.32. The molecule has 6 nitrogen and oxygen atoms in total. The highest BCUT2D eigenvalue weighted by Crippen LogP contribution is 2.30. The maximum Gasteiger partial charge on any atom is 0.255 e. The van der Waals surface area contributed by atoms with Gasteiger partial charge in [-0.15, -0.1) is 0 Å². The summed E-state index contributed by atoms with van der Waals surface area (Å²) >= 11 is 0. The fourth-order valence-electron chi connectivity index (χ4n) is 2.83. The summed E-state index contributed by atoms with van der Waals surface area (Å²) in [5, 5.41) is 3.03. The third-order valence-corrected chi connectivity index (χ3v) is 4.50. The fraction of sp³-hybridized carbons (Fsp3) is 0.611. The van der Waals surface area contributed by atoms with Crippen LogP contribution in [0.2, 0.25) is 0 Å². The van der Waals surface area contributed by atoms with Crippen molar-refractivity contribution in [3.63, 3.8) is 0 Å². The molecule has 1 N–H and O–H groups in total. The van der Waals surface area contributed by atoms with E-state index in [4.69, 9.17) is 18.9 Å². The normalized spacial score (nSPS) is 23.6. The standard InChI is InChI=1S/C18H25NO5/c1-21-13-5-6-16(22-2)14(9-13)18(20)19-15-11-23-8-7-17(15)24-10-12-3-4-12/h5-6,9,12,15,17H,3-4,7-8,10-11H2,1-2H3,(H,19,20)/t15-,17+/m1/s1. The van der Waals surface area contributed by atoms with Gasteiger partial charge in [-0.1, -0.05) is 0 Å². The van der Waals surface area contributed by atoms with E-state index in [9.17, 15) is 4.79 Å². The molecule has 2 atom stereocenters. The first-order chi connectivity index (χ1) is 11.7. The van der Waals surface area contributed by atoms with Gasteiger partial charge in [0, 0.05) is 13.2 Å². The Kier molecular flexibility index (Phi) is 5.58. The molecule has 1 aliphatic heterocycles. The molecule has 132 valence electrons. The van der Waals surface area contributed by atoms with Crippen molar-refractivity contribution in [2.45, 2.75) is 31.4 Å². The molecule has 0 aromatic heterocycles. The molecule has 1 aliphatic carbocycles. The Balaban J connectivity index is 1.67. The van der Waals surface area contributed by atoms with Crippen LogP contribution in [0.5, 0.6) is 11.5 Å². The minimum Gasteiger partial charge on any atom is -0.497 e. The molecule has 3 rings (SSSR count). The molecule has 1 aromatic rings. The molecule has 24 heavy (non-hydrogen) atoms. The van der Waals surface area contributed by atoms with Crippen LogP contribution in [0.15, 0.2) is 18.2 Å². The number of amides is 1. The van der Waals surface area contributed by atoms with Gasteiger partial charge in [-0.3, -0.25) is 4.79 Å². The minimum atomic E-state index is -0.207. The van der Waals surface area contributed by atoms with Crippen molar-refractivity contribution in [1.29, 1.82) is 0 Å². The maximum absolute atomic E-state index is 12.7. The zero-order valence-electron chi connectivity index (χ0n) is 14.2. The van der Waals surface area contributed by atoms with Crippen molar-refractivity contribution in [3.8, 4) is 11.5 Å². The summed E-state index contributed by atoms with van der Waals surface area (Å²) in [6.45, 7) is 1.91. The number of benzene rings is 1. The van der Waals surface area contributed by atoms with Crippen LogP contribution in [-0.4, -0.2) is 52.1 Å². The van der Waals surface area contributed by atoms with Crippen LogP contribution in [0, 0.1) is 5.92 Å². The van der Waals surface area contributed by atoms with Gasteiger partial charge >= 0.3 is 0 Å². The van der Waals surface area contributed by atoms with E-state index in [0.717, 1.165) is 13.0 Å². The van der Waals surface area contributed by atoms with Gasteiger partial charge in [0.1, 0.15) is 11.5 Å². The summed E-state index contributed by atoms with van der Waals surface area (Å²) in [5.74, 6) is 1.62. The van der Waals surface area contributed by atoms with E-state index in [0.29, 0.717) is 36.2 Å². The number of methoxy groups -OCH3 is 2. The predicted octanol–water partition coefficient (Wildman–Crippen LogP) is 2.02. The van der Waals surface area contributed by atoms with Gasteiger partial charge in [-0.2, -0.15) is 0 Å². The molecule has 1 heterocycles. The van der Waals surface area contributed by atoms with Crippen LogP contribution in [0.4, 0.5) is 0 Å². The van der Waals surface area contributed by atoms with E-state index in [2.05, 4.69) is 5.32 Å². The third kappa shape index (κ3) is 4.19. The molecular weight excluding hydrogens is 310 g/mol. The highest BCUT2D eigenvalue weighted by molar-refractivity contribution is 5.97. The van der Waals surface area contributed by atoms with Gasteiger partial charge in [0.25, 0.3) is 5.91 Å². The van der Waals surface area contributed by atoms with Gasteiger partial charge in [0.2, 0.25) is 0 Å². The highest BCUT2D eigenvalue weighted by Gasteiger charge is 2.31. The number of carbonyl (C=O) groups excluding carboxylic acids is 1. The SMILES string of the molecule is COc1ccc(OC)c(C(=O)N[C@@H]2COCC[C@@H]2OCC2CC2)c1. The Hall–Kier alpha value is -1.79. The Morgan fingerprint density at radius 2 is 2.08 bits per heavy atom. The van der Waals surface area contributed by atoms with Crippen LogP contribution < -0.4 is 14.8 Å². The number of rotatable bonds is 7. The molecule has 2 fully saturated rings. The monoisotopic (exact) mass is 335 g/mol. The van der Waals surface area contributed by atoms with Crippen LogP contribution in [0.25, 0.3) is 0 Å². The third-order valence-electron chi connectivity index (χ3n) is 4.50. The van der Waals surface area contributed by atoms with Crippen molar-refractivity contribution in [3.05, 3.63) is 23.8 Å². The quantitative estimate of drug-likeness (QED) is 0.826. The first kappa shape index (κ1) is 17.0. The van der Waals surface area contributed by atoms with E-state index in [1.165, 1.54) is 12.8 Å². The summed E-state index contributed by atoms with van der Waals surface area (Å²) < 4.78 is 22.0. The van der Waals surface area contributed by atoms with E-state index in [-0.39, 0.29) is 18.1 Å².